The molecule has 1 unspecified atom stereocenters. The van der Waals surface area contributed by atoms with Crippen molar-refractivity contribution in [2.24, 2.45) is 0 Å². The highest BCUT2D eigenvalue weighted by molar-refractivity contribution is 7.10. The van der Waals surface area contributed by atoms with Crippen LogP contribution in [0.4, 0.5) is 11.4 Å². The number of hydrogen-bond acceptors (Lipinski definition) is 11. The second kappa shape index (κ2) is 19.2. The molecular weight excluding hydrogens is 779 g/mol. The third kappa shape index (κ3) is 9.81. The number of fused-ring (bicyclic) bond motifs is 2. The number of carbonyl (C=O) groups excluding carboxylic acids is 3. The monoisotopic (exact) mass is 820 g/mol. The summed E-state index contributed by atoms with van der Waals surface area (Å²) in [6.07, 6.45) is 9.87. The van der Waals surface area contributed by atoms with Crippen LogP contribution in [-0.4, -0.2) is 47.9 Å². The average Bonchev–Trinajstić information content (AvgIpc) is 3.75. The van der Waals surface area contributed by atoms with Crippen molar-refractivity contribution in [3.8, 4) is 17.2 Å². The molecule has 1 aliphatic heterocycles. The van der Waals surface area contributed by atoms with Gasteiger partial charge in [-0.05, 0) is 62.4 Å². The molecule has 2 N–H and O–H groups in total. The molecule has 0 bridgehead atoms. The van der Waals surface area contributed by atoms with Gasteiger partial charge in [0.2, 0.25) is 18.1 Å². The lowest BCUT2D eigenvalue weighted by atomic mass is 10.1. The molecule has 6 rings (SSSR count). The predicted molar refractivity (Wildman–Crippen MR) is 217 cm³/mol. The standard InChI is InChI=1S/C41H42Cl2N4O8S/c1-25(9-16-36(49)45-24-48)47-21-29-30(41(47)51)23-56-35(29)22-54-27-12-10-26(11-13-27)8-6-4-3-5-7-17-53-40-34(52-2)15-14-28-33(18-37(50)55-39(28)40)46-38-31(42)19-44-20-32(38)43/h10-15,18-20,23-25H,3-9,16-17,21-22H2,1-2H3,(H,44,46)(H,45,48,49). The Hall–Kier alpha value is -5.11. The number of nitrogens with zero attached hydrogens (tertiary/aromatic N) is 2. The number of halogens is 2. The van der Waals surface area contributed by atoms with Crippen LogP contribution in [0.5, 0.6) is 17.2 Å². The molecule has 56 heavy (non-hydrogen) atoms. The molecule has 0 saturated carbocycles. The average molecular weight is 822 g/mol. The molecule has 12 nitrogen and oxygen atoms in total. The number of aryl methyl sites for hydroxylation is 1. The van der Waals surface area contributed by atoms with Gasteiger partial charge in [-0.3, -0.25) is 24.7 Å². The minimum absolute atomic E-state index is 0.0376. The molecule has 0 aliphatic carbocycles. The summed E-state index contributed by atoms with van der Waals surface area (Å²) in [7, 11) is 1.54. The van der Waals surface area contributed by atoms with E-state index in [1.54, 1.807) is 17.0 Å². The van der Waals surface area contributed by atoms with Gasteiger partial charge in [-0.2, -0.15) is 0 Å². The molecule has 4 heterocycles. The molecule has 0 radical (unpaired) electrons. The molecule has 3 amide bonds. The first-order chi connectivity index (χ1) is 27.2. The molecule has 15 heteroatoms. The van der Waals surface area contributed by atoms with Gasteiger partial charge >= 0.3 is 5.63 Å². The first-order valence-electron chi connectivity index (χ1n) is 18.4. The molecule has 2 aromatic carbocycles. The Morgan fingerprint density at radius 3 is 2.54 bits per heavy atom. The molecule has 1 aliphatic rings. The van der Waals surface area contributed by atoms with Crippen LogP contribution in [0.15, 0.2) is 69.5 Å². The van der Waals surface area contributed by atoms with Gasteiger partial charge in [0.15, 0.2) is 11.3 Å². The maximum Gasteiger partial charge on any atom is 0.338 e. The van der Waals surface area contributed by atoms with E-state index >= 15 is 0 Å². The van der Waals surface area contributed by atoms with Crippen molar-refractivity contribution < 1.29 is 33.0 Å². The summed E-state index contributed by atoms with van der Waals surface area (Å²) in [5.41, 5.74) is 3.49. The number of hydrogen-bond donors (Lipinski definition) is 2. The summed E-state index contributed by atoms with van der Waals surface area (Å²) in [6.45, 7) is 3.19. The van der Waals surface area contributed by atoms with Crippen molar-refractivity contribution in [1.29, 1.82) is 0 Å². The first-order valence-corrected chi connectivity index (χ1v) is 20.0. The van der Waals surface area contributed by atoms with E-state index in [9.17, 15) is 19.2 Å². The van der Waals surface area contributed by atoms with Crippen molar-refractivity contribution in [1.82, 2.24) is 15.2 Å². The highest BCUT2D eigenvalue weighted by atomic mass is 35.5. The summed E-state index contributed by atoms with van der Waals surface area (Å²) in [6, 6.07) is 12.9. The number of anilines is 2. The van der Waals surface area contributed by atoms with Crippen LogP contribution in [0.1, 0.15) is 78.2 Å². The first kappa shape index (κ1) is 40.6. The largest absolute Gasteiger partial charge is 0.493 e. The number of ether oxygens (including phenoxy) is 3. The fraction of sp³-hybridized carbons (Fsp3) is 0.341. The van der Waals surface area contributed by atoms with Gasteiger partial charge in [0, 0.05) is 58.7 Å². The van der Waals surface area contributed by atoms with Crippen LogP contribution in [0.2, 0.25) is 10.0 Å². The number of rotatable bonds is 20. The van der Waals surface area contributed by atoms with E-state index in [2.05, 4.69) is 27.8 Å². The second-order valence-electron chi connectivity index (χ2n) is 13.4. The van der Waals surface area contributed by atoms with Crippen molar-refractivity contribution in [2.75, 3.05) is 19.0 Å². The summed E-state index contributed by atoms with van der Waals surface area (Å²) in [5.74, 6) is 1.19. The zero-order valence-electron chi connectivity index (χ0n) is 31.0. The molecule has 0 saturated heterocycles. The van der Waals surface area contributed by atoms with Crippen LogP contribution in [0.25, 0.3) is 11.0 Å². The Labute approximate surface area is 338 Å². The summed E-state index contributed by atoms with van der Waals surface area (Å²) < 4.78 is 23.4. The van der Waals surface area contributed by atoms with Crippen LogP contribution in [0, 0.1) is 0 Å². The zero-order valence-corrected chi connectivity index (χ0v) is 33.4. The lowest BCUT2D eigenvalue weighted by molar-refractivity contribution is -0.125. The van der Waals surface area contributed by atoms with Gasteiger partial charge in [-0.25, -0.2) is 4.79 Å². The van der Waals surface area contributed by atoms with Crippen LogP contribution >= 0.6 is 34.5 Å². The van der Waals surface area contributed by atoms with Crippen LogP contribution < -0.4 is 30.5 Å². The number of methoxy groups -OCH3 is 1. The number of carbonyl (C=O) groups is 3. The maximum atomic E-state index is 13.0. The molecule has 0 spiro atoms. The van der Waals surface area contributed by atoms with Gasteiger partial charge in [0.05, 0.1) is 40.7 Å². The van der Waals surface area contributed by atoms with E-state index in [0.717, 1.165) is 54.7 Å². The molecule has 294 valence electrons. The maximum absolute atomic E-state index is 13.0. The fourth-order valence-corrected chi connectivity index (χ4v) is 7.98. The molecule has 1 atom stereocenters. The minimum atomic E-state index is -0.570. The number of aromatic nitrogens is 1. The normalized spacial score (nSPS) is 12.7. The topological polar surface area (TPSA) is 149 Å². The van der Waals surface area contributed by atoms with E-state index in [-0.39, 0.29) is 29.9 Å². The van der Waals surface area contributed by atoms with Gasteiger partial charge in [-0.15, -0.1) is 11.3 Å². The highest BCUT2D eigenvalue weighted by Crippen LogP contribution is 2.40. The summed E-state index contributed by atoms with van der Waals surface area (Å²) >= 11 is 14.1. The Morgan fingerprint density at radius 2 is 1.79 bits per heavy atom. The predicted octanol–water partition coefficient (Wildman–Crippen LogP) is 8.86. The SMILES string of the molecule is COc1ccc2c(Nc3c(Cl)cncc3Cl)cc(=O)oc2c1OCCCCCCCc1ccc(OCc2scc3c2CN(C(C)CCC(=O)NC=O)C3=O)cc1. The van der Waals surface area contributed by atoms with E-state index in [1.807, 2.05) is 24.4 Å². The molecule has 5 aromatic rings. The summed E-state index contributed by atoms with van der Waals surface area (Å²) in [4.78, 5) is 54.5. The number of unbranched alkanes of at least 4 members (excludes halogenated alkanes) is 4. The molecule has 0 fully saturated rings. The number of imide groups is 1. The number of amides is 3. The van der Waals surface area contributed by atoms with Gasteiger partial charge in [-0.1, -0.05) is 54.6 Å². The van der Waals surface area contributed by atoms with Crippen molar-refractivity contribution in [3.05, 3.63) is 102 Å². The number of pyridine rings is 1. The van der Waals surface area contributed by atoms with E-state index in [0.29, 0.717) is 76.5 Å². The third-order valence-corrected chi connectivity index (χ3v) is 11.2. The minimum Gasteiger partial charge on any atom is -0.493 e. The Kier molecular flexibility index (Phi) is 13.9. The lowest BCUT2D eigenvalue weighted by Crippen LogP contribution is -2.34. The third-order valence-electron chi connectivity index (χ3n) is 9.66. The quantitative estimate of drug-likeness (QED) is 0.0443. The van der Waals surface area contributed by atoms with Gasteiger partial charge < -0.3 is 28.8 Å². The van der Waals surface area contributed by atoms with Gasteiger partial charge in [0.1, 0.15) is 12.4 Å². The number of benzene rings is 2. The smallest absolute Gasteiger partial charge is 0.338 e. The van der Waals surface area contributed by atoms with Crippen LogP contribution in [0.3, 0.4) is 0 Å². The fourth-order valence-electron chi connectivity index (χ4n) is 6.57. The molecule has 3 aromatic heterocycles. The van der Waals surface area contributed by atoms with Crippen LogP contribution in [-0.2, 0) is 29.2 Å². The van der Waals surface area contributed by atoms with Crippen molar-refractivity contribution in [3.63, 3.8) is 0 Å². The van der Waals surface area contributed by atoms with Gasteiger partial charge in [0.25, 0.3) is 5.91 Å². The second-order valence-corrected chi connectivity index (χ2v) is 15.2. The van der Waals surface area contributed by atoms with E-state index in [4.69, 9.17) is 41.8 Å². The number of thiophene rings is 1. The summed E-state index contributed by atoms with van der Waals surface area (Å²) in [5, 5.41) is 8.38. The van der Waals surface area contributed by atoms with E-state index in [1.165, 1.54) is 42.5 Å². The lowest BCUT2D eigenvalue weighted by Gasteiger charge is -2.24. The molecular formula is C41H42Cl2N4O8S. The van der Waals surface area contributed by atoms with Crippen molar-refractivity contribution >= 4 is 75.1 Å². The Morgan fingerprint density at radius 1 is 1.04 bits per heavy atom. The van der Waals surface area contributed by atoms with E-state index < -0.39 is 5.63 Å². The van der Waals surface area contributed by atoms with Crippen molar-refractivity contribution in [2.45, 2.75) is 77.5 Å². The Bertz CT molecular complexity index is 2220. The highest BCUT2D eigenvalue weighted by Gasteiger charge is 2.34. The number of nitrogens with one attached hydrogen (secondary N) is 2. The zero-order chi connectivity index (χ0) is 39.6. The Balaban J connectivity index is 0.921.